The highest BCUT2D eigenvalue weighted by atomic mass is 16.5. The molecular weight excluding hydrogens is 248 g/mol. The van der Waals surface area contributed by atoms with Crippen molar-refractivity contribution in [1.82, 2.24) is 4.90 Å². The van der Waals surface area contributed by atoms with E-state index >= 15 is 0 Å². The van der Waals surface area contributed by atoms with Gasteiger partial charge in [0.15, 0.2) is 0 Å². The van der Waals surface area contributed by atoms with Crippen molar-refractivity contribution in [3.8, 4) is 5.75 Å². The molecule has 0 saturated heterocycles. The Bertz CT molecular complexity index is 436. The van der Waals surface area contributed by atoms with E-state index in [1.165, 1.54) is 12.8 Å². The minimum absolute atomic E-state index is 0.00468. The zero-order valence-electron chi connectivity index (χ0n) is 13.2. The lowest BCUT2D eigenvalue weighted by Gasteiger charge is -2.42. The first kappa shape index (κ1) is 15.3. The third-order valence-corrected chi connectivity index (χ3v) is 4.56. The Labute approximate surface area is 123 Å². The SMILES string of the molecule is CC(C)Oc1ccccc1C(N)C1(N(C)C)CCCC1. The molecular formula is C17H28N2O. The monoisotopic (exact) mass is 276 g/mol. The number of likely N-dealkylation sites (N-methyl/N-ethyl adjacent to an activating group) is 1. The van der Waals surface area contributed by atoms with Crippen molar-refractivity contribution in [1.29, 1.82) is 0 Å². The summed E-state index contributed by atoms with van der Waals surface area (Å²) in [6.45, 7) is 4.11. The molecule has 3 heteroatoms. The molecule has 0 radical (unpaired) electrons. The van der Waals surface area contributed by atoms with Crippen LogP contribution in [0, 0.1) is 0 Å². The average molecular weight is 276 g/mol. The molecule has 0 spiro atoms. The van der Waals surface area contributed by atoms with Gasteiger partial charge in [-0.3, -0.25) is 0 Å². The van der Waals surface area contributed by atoms with Crippen molar-refractivity contribution in [3.63, 3.8) is 0 Å². The molecule has 0 aromatic heterocycles. The first-order valence-corrected chi connectivity index (χ1v) is 7.66. The van der Waals surface area contributed by atoms with Crippen molar-refractivity contribution < 1.29 is 4.74 Å². The molecule has 0 aliphatic heterocycles. The molecule has 0 bridgehead atoms. The van der Waals surface area contributed by atoms with Gasteiger partial charge in [-0.15, -0.1) is 0 Å². The van der Waals surface area contributed by atoms with Crippen LogP contribution in [0.3, 0.4) is 0 Å². The van der Waals surface area contributed by atoms with Crippen LogP contribution in [0.5, 0.6) is 5.75 Å². The van der Waals surface area contributed by atoms with Gasteiger partial charge in [0.05, 0.1) is 12.1 Å². The fraction of sp³-hybridized carbons (Fsp3) is 0.647. The topological polar surface area (TPSA) is 38.5 Å². The molecule has 1 atom stereocenters. The smallest absolute Gasteiger partial charge is 0.124 e. The number of hydrogen-bond donors (Lipinski definition) is 1. The summed E-state index contributed by atoms with van der Waals surface area (Å²) < 4.78 is 5.95. The summed E-state index contributed by atoms with van der Waals surface area (Å²) in [5, 5.41) is 0. The number of benzene rings is 1. The maximum Gasteiger partial charge on any atom is 0.124 e. The van der Waals surface area contributed by atoms with Crippen LogP contribution in [-0.4, -0.2) is 30.6 Å². The average Bonchev–Trinajstić information content (AvgIpc) is 2.88. The van der Waals surface area contributed by atoms with Crippen molar-refractivity contribution in [2.45, 2.75) is 57.2 Å². The zero-order valence-corrected chi connectivity index (χ0v) is 13.2. The predicted octanol–water partition coefficient (Wildman–Crippen LogP) is 3.35. The summed E-state index contributed by atoms with van der Waals surface area (Å²) in [4.78, 5) is 2.32. The van der Waals surface area contributed by atoms with E-state index in [4.69, 9.17) is 10.5 Å². The summed E-state index contributed by atoms with van der Waals surface area (Å²) in [6, 6.07) is 8.22. The van der Waals surface area contributed by atoms with Gasteiger partial charge in [0, 0.05) is 11.1 Å². The molecule has 1 fully saturated rings. The van der Waals surface area contributed by atoms with Crippen LogP contribution in [0.15, 0.2) is 24.3 Å². The number of para-hydroxylation sites is 1. The molecule has 2 rings (SSSR count). The zero-order chi connectivity index (χ0) is 14.8. The van der Waals surface area contributed by atoms with Crippen LogP contribution >= 0.6 is 0 Å². The van der Waals surface area contributed by atoms with Gasteiger partial charge in [-0.2, -0.15) is 0 Å². The molecule has 2 N–H and O–H groups in total. The van der Waals surface area contributed by atoms with Crippen LogP contribution in [-0.2, 0) is 0 Å². The molecule has 112 valence electrons. The normalized spacial score (nSPS) is 19.6. The summed E-state index contributed by atoms with van der Waals surface area (Å²) in [5.41, 5.74) is 7.89. The Hall–Kier alpha value is -1.06. The first-order chi connectivity index (χ1) is 9.47. The molecule has 1 aromatic rings. The van der Waals surface area contributed by atoms with Crippen molar-refractivity contribution in [2.24, 2.45) is 5.73 Å². The molecule has 3 nitrogen and oxygen atoms in total. The standard InChI is InChI=1S/C17H28N2O/c1-13(2)20-15-10-6-5-9-14(15)16(18)17(19(3)4)11-7-8-12-17/h5-6,9-10,13,16H,7-8,11-12,18H2,1-4H3. The Morgan fingerprint density at radius 1 is 1.15 bits per heavy atom. The summed E-state index contributed by atoms with van der Waals surface area (Å²) >= 11 is 0. The van der Waals surface area contributed by atoms with E-state index in [-0.39, 0.29) is 17.7 Å². The summed E-state index contributed by atoms with van der Waals surface area (Å²) in [5.74, 6) is 0.933. The lowest BCUT2D eigenvalue weighted by molar-refractivity contribution is 0.120. The summed E-state index contributed by atoms with van der Waals surface area (Å²) in [7, 11) is 4.30. The molecule has 1 aromatic carbocycles. The lowest BCUT2D eigenvalue weighted by Crippen LogP contribution is -2.50. The Kier molecular flexibility index (Phi) is 4.71. The van der Waals surface area contributed by atoms with Gasteiger partial charge in [0.25, 0.3) is 0 Å². The van der Waals surface area contributed by atoms with Gasteiger partial charge in [-0.05, 0) is 46.9 Å². The Balaban J connectivity index is 2.34. The maximum atomic E-state index is 6.69. The summed E-state index contributed by atoms with van der Waals surface area (Å²) in [6.07, 6.45) is 5.02. The molecule has 1 aliphatic carbocycles. The minimum Gasteiger partial charge on any atom is -0.491 e. The van der Waals surface area contributed by atoms with E-state index in [1.54, 1.807) is 0 Å². The van der Waals surface area contributed by atoms with Crippen LogP contribution < -0.4 is 10.5 Å². The second kappa shape index (κ2) is 6.15. The van der Waals surface area contributed by atoms with Crippen molar-refractivity contribution >= 4 is 0 Å². The van der Waals surface area contributed by atoms with E-state index in [9.17, 15) is 0 Å². The molecule has 20 heavy (non-hydrogen) atoms. The van der Waals surface area contributed by atoms with E-state index in [0.717, 1.165) is 24.2 Å². The second-order valence-corrected chi connectivity index (χ2v) is 6.39. The number of hydrogen-bond acceptors (Lipinski definition) is 3. The van der Waals surface area contributed by atoms with E-state index in [2.05, 4.69) is 45.0 Å². The Morgan fingerprint density at radius 2 is 1.75 bits per heavy atom. The lowest BCUT2D eigenvalue weighted by atomic mass is 9.82. The highest BCUT2D eigenvalue weighted by Crippen LogP contribution is 2.44. The third kappa shape index (κ3) is 2.84. The minimum atomic E-state index is -0.00468. The van der Waals surface area contributed by atoms with Crippen LogP contribution in [0.2, 0.25) is 0 Å². The number of nitrogens with two attached hydrogens (primary N) is 1. The fourth-order valence-electron chi connectivity index (χ4n) is 3.41. The van der Waals surface area contributed by atoms with Gasteiger partial charge in [0.1, 0.15) is 5.75 Å². The highest BCUT2D eigenvalue weighted by Gasteiger charge is 2.43. The predicted molar refractivity (Wildman–Crippen MR) is 84.0 cm³/mol. The second-order valence-electron chi connectivity index (χ2n) is 6.39. The molecule has 1 unspecified atom stereocenters. The highest BCUT2D eigenvalue weighted by molar-refractivity contribution is 5.38. The van der Waals surface area contributed by atoms with Crippen LogP contribution in [0.1, 0.15) is 51.1 Å². The number of rotatable bonds is 5. The van der Waals surface area contributed by atoms with Gasteiger partial charge in [-0.25, -0.2) is 0 Å². The molecule has 1 aliphatic rings. The van der Waals surface area contributed by atoms with Crippen molar-refractivity contribution in [3.05, 3.63) is 29.8 Å². The number of nitrogens with zero attached hydrogens (tertiary/aromatic N) is 1. The fourth-order valence-corrected chi connectivity index (χ4v) is 3.41. The van der Waals surface area contributed by atoms with E-state index < -0.39 is 0 Å². The van der Waals surface area contributed by atoms with E-state index in [0.29, 0.717) is 0 Å². The van der Waals surface area contributed by atoms with Gasteiger partial charge in [-0.1, -0.05) is 31.0 Å². The van der Waals surface area contributed by atoms with Gasteiger partial charge in [0.2, 0.25) is 0 Å². The van der Waals surface area contributed by atoms with E-state index in [1.807, 2.05) is 12.1 Å². The molecule has 1 saturated carbocycles. The number of ether oxygens (including phenoxy) is 1. The third-order valence-electron chi connectivity index (χ3n) is 4.56. The largest absolute Gasteiger partial charge is 0.491 e. The quantitative estimate of drug-likeness (QED) is 0.896. The first-order valence-electron chi connectivity index (χ1n) is 7.66. The van der Waals surface area contributed by atoms with Gasteiger partial charge < -0.3 is 15.4 Å². The maximum absolute atomic E-state index is 6.69. The van der Waals surface area contributed by atoms with Crippen LogP contribution in [0.4, 0.5) is 0 Å². The van der Waals surface area contributed by atoms with Crippen LogP contribution in [0.25, 0.3) is 0 Å². The molecule has 0 heterocycles. The molecule has 0 amide bonds. The van der Waals surface area contributed by atoms with Gasteiger partial charge >= 0.3 is 0 Å². The van der Waals surface area contributed by atoms with Crippen molar-refractivity contribution in [2.75, 3.05) is 14.1 Å². The Morgan fingerprint density at radius 3 is 2.30 bits per heavy atom.